The van der Waals surface area contributed by atoms with Crippen molar-refractivity contribution < 1.29 is 23.9 Å². The third kappa shape index (κ3) is 9.16. The Morgan fingerprint density at radius 2 is 1.86 bits per heavy atom. The van der Waals surface area contributed by atoms with Gasteiger partial charge >= 0.3 is 12.1 Å². The Bertz CT molecular complexity index is 1620. The number of anilines is 3. The lowest BCUT2D eigenvalue weighted by Gasteiger charge is -2.37. The molecule has 15 heteroatoms. The number of hydrogen-bond donors (Lipinski definition) is 1. The number of nitrogens with one attached hydrogen (secondary N) is 1. The molecule has 266 valence electrons. The number of nitrogens with zero attached hydrogens (tertiary/aromatic N) is 5. The standard InChI is InChI=1S/C20H27ClN4O2S2.C14H17ClN2O3/c1-20(2,3)27-19(26)25-7-5-6-12-9-24(10-14(12)25)17-16(23-18(22-4)29-17)15-8-13(21)11-28-15;1-2-20-14(19)11-3-5-17(6-4-11)13-12(15)7-10(9-18)8-16-13/h8,11-12,14H,5-7,9-10H2,1-4H3,(H,22,23);7-9,11H,2-6H2,1H3. The molecule has 1 amide bonds. The molecule has 11 nitrogen and oxygen atoms in total. The van der Waals surface area contributed by atoms with Crippen molar-refractivity contribution in [2.75, 3.05) is 61.5 Å². The summed E-state index contributed by atoms with van der Waals surface area (Å²) in [7, 11) is 1.89. The van der Waals surface area contributed by atoms with Gasteiger partial charge in [-0.1, -0.05) is 34.5 Å². The summed E-state index contributed by atoms with van der Waals surface area (Å²) in [6.07, 6.45) is 5.64. The van der Waals surface area contributed by atoms with Crippen LogP contribution >= 0.6 is 45.9 Å². The van der Waals surface area contributed by atoms with Crippen molar-refractivity contribution in [1.82, 2.24) is 14.9 Å². The van der Waals surface area contributed by atoms with Crippen molar-refractivity contribution in [1.29, 1.82) is 0 Å². The van der Waals surface area contributed by atoms with Crippen molar-refractivity contribution in [3.63, 3.8) is 0 Å². The number of piperidine rings is 2. The van der Waals surface area contributed by atoms with Crippen LogP contribution in [0.5, 0.6) is 0 Å². The first-order valence-electron chi connectivity index (χ1n) is 16.6. The number of halogens is 2. The highest BCUT2D eigenvalue weighted by molar-refractivity contribution is 7.21. The lowest BCUT2D eigenvalue weighted by Crippen LogP contribution is -2.50. The van der Waals surface area contributed by atoms with Crippen LogP contribution in [-0.4, -0.2) is 91.2 Å². The zero-order chi connectivity index (χ0) is 35.3. The van der Waals surface area contributed by atoms with Gasteiger partial charge in [-0.25, -0.2) is 14.8 Å². The van der Waals surface area contributed by atoms with Gasteiger partial charge in [0.25, 0.3) is 0 Å². The Labute approximate surface area is 305 Å². The van der Waals surface area contributed by atoms with Gasteiger partial charge in [0.1, 0.15) is 22.1 Å². The first-order valence-corrected chi connectivity index (χ1v) is 19.1. The summed E-state index contributed by atoms with van der Waals surface area (Å²) in [6.45, 7) is 11.9. The number of thiazole rings is 1. The molecule has 2 unspecified atom stereocenters. The van der Waals surface area contributed by atoms with Crippen LogP contribution in [0.15, 0.2) is 23.7 Å². The van der Waals surface area contributed by atoms with Crippen LogP contribution in [0.25, 0.3) is 10.6 Å². The average Bonchev–Trinajstić information content (AvgIpc) is 3.82. The molecule has 0 radical (unpaired) electrons. The fourth-order valence-electron chi connectivity index (χ4n) is 6.45. The predicted octanol–water partition coefficient (Wildman–Crippen LogP) is 7.73. The number of carbonyl (C=O) groups excluding carboxylic acids is 3. The summed E-state index contributed by atoms with van der Waals surface area (Å²) in [5, 5.41) is 8.34. The van der Waals surface area contributed by atoms with E-state index in [9.17, 15) is 14.4 Å². The zero-order valence-corrected chi connectivity index (χ0v) is 31.7. The van der Waals surface area contributed by atoms with Crippen LogP contribution < -0.4 is 15.1 Å². The van der Waals surface area contributed by atoms with Crippen LogP contribution in [0.4, 0.5) is 20.7 Å². The van der Waals surface area contributed by atoms with Gasteiger partial charge in [-0.15, -0.1) is 11.3 Å². The maximum Gasteiger partial charge on any atom is 0.410 e. The molecule has 2 atom stereocenters. The van der Waals surface area contributed by atoms with Crippen molar-refractivity contribution in [2.45, 2.75) is 65.0 Å². The Kier molecular flexibility index (Phi) is 12.3. The smallest absolute Gasteiger partial charge is 0.410 e. The molecule has 1 N–H and O–H groups in total. The lowest BCUT2D eigenvalue weighted by atomic mass is 9.92. The molecule has 6 rings (SSSR count). The van der Waals surface area contributed by atoms with Crippen molar-refractivity contribution in [2.24, 2.45) is 11.8 Å². The van der Waals surface area contributed by atoms with E-state index >= 15 is 0 Å². The minimum atomic E-state index is -0.479. The molecule has 0 saturated carbocycles. The maximum absolute atomic E-state index is 12.8. The third-order valence-corrected chi connectivity index (χ3v) is 11.4. The summed E-state index contributed by atoms with van der Waals surface area (Å²) in [6, 6.07) is 3.76. The number of hydrogen-bond acceptors (Lipinski definition) is 12. The zero-order valence-electron chi connectivity index (χ0n) is 28.5. The topological polar surface area (TPSA) is 117 Å². The monoisotopic (exact) mass is 750 g/mol. The second-order valence-electron chi connectivity index (χ2n) is 13.3. The van der Waals surface area contributed by atoms with E-state index in [1.807, 2.05) is 56.0 Å². The number of amides is 1. The molecule has 0 spiro atoms. The molecule has 3 aliphatic heterocycles. The van der Waals surface area contributed by atoms with E-state index < -0.39 is 5.60 Å². The number of pyridine rings is 1. The summed E-state index contributed by atoms with van der Waals surface area (Å²) < 4.78 is 10.7. The second kappa shape index (κ2) is 16.3. The molecule has 0 bridgehead atoms. The number of ether oxygens (including phenoxy) is 2. The molecule has 3 fully saturated rings. The number of fused-ring (bicyclic) bond motifs is 1. The predicted molar refractivity (Wildman–Crippen MR) is 198 cm³/mol. The van der Waals surface area contributed by atoms with E-state index in [2.05, 4.69) is 15.2 Å². The van der Waals surface area contributed by atoms with E-state index in [0.717, 1.165) is 77.3 Å². The summed E-state index contributed by atoms with van der Waals surface area (Å²) >= 11 is 15.6. The molecule has 3 aromatic rings. The molecular weight excluding hydrogens is 707 g/mol. The van der Waals surface area contributed by atoms with Crippen LogP contribution in [0.3, 0.4) is 0 Å². The minimum absolute atomic E-state index is 0.0424. The Morgan fingerprint density at radius 3 is 2.47 bits per heavy atom. The largest absolute Gasteiger partial charge is 0.466 e. The van der Waals surface area contributed by atoms with Gasteiger partial charge in [0.15, 0.2) is 11.4 Å². The Morgan fingerprint density at radius 1 is 1.10 bits per heavy atom. The molecule has 0 aromatic carbocycles. The van der Waals surface area contributed by atoms with Gasteiger partial charge in [-0.05, 0) is 71.4 Å². The molecule has 0 aliphatic carbocycles. The van der Waals surface area contributed by atoms with E-state index in [0.29, 0.717) is 42.0 Å². The number of thiophene rings is 1. The molecule has 49 heavy (non-hydrogen) atoms. The molecule has 3 saturated heterocycles. The van der Waals surface area contributed by atoms with Gasteiger partial charge in [0.05, 0.1) is 33.5 Å². The number of rotatable bonds is 7. The highest BCUT2D eigenvalue weighted by atomic mass is 35.5. The average molecular weight is 752 g/mol. The van der Waals surface area contributed by atoms with Gasteiger partial charge in [0.2, 0.25) is 0 Å². The number of aldehydes is 1. The fraction of sp³-hybridized carbons (Fsp3) is 0.559. The Balaban J connectivity index is 0.000000205. The number of likely N-dealkylation sites (tertiary alicyclic amines) is 1. The van der Waals surface area contributed by atoms with Crippen molar-refractivity contribution in [3.05, 3.63) is 39.3 Å². The van der Waals surface area contributed by atoms with E-state index in [4.69, 9.17) is 37.7 Å². The quantitative estimate of drug-likeness (QED) is 0.190. The van der Waals surface area contributed by atoms with E-state index in [1.165, 1.54) is 6.20 Å². The number of aromatic nitrogens is 2. The maximum atomic E-state index is 12.8. The van der Waals surface area contributed by atoms with E-state index in [-0.39, 0.29) is 24.0 Å². The van der Waals surface area contributed by atoms with Crippen molar-refractivity contribution in [3.8, 4) is 10.6 Å². The van der Waals surface area contributed by atoms with E-state index in [1.54, 1.807) is 28.7 Å². The van der Waals surface area contributed by atoms with Crippen molar-refractivity contribution >= 4 is 80.2 Å². The third-order valence-electron chi connectivity index (χ3n) is 8.71. The van der Waals surface area contributed by atoms with Crippen LogP contribution in [0, 0.1) is 11.8 Å². The van der Waals surface area contributed by atoms with Crippen LogP contribution in [-0.2, 0) is 14.3 Å². The second-order valence-corrected chi connectivity index (χ2v) is 16.0. The molecule has 3 aromatic heterocycles. The lowest BCUT2D eigenvalue weighted by molar-refractivity contribution is -0.148. The van der Waals surface area contributed by atoms with Gasteiger partial charge in [-0.2, -0.15) is 0 Å². The Hall–Kier alpha value is -3.13. The number of carbonyl (C=O) groups is 3. The first-order chi connectivity index (χ1) is 23.4. The summed E-state index contributed by atoms with van der Waals surface area (Å²) in [5.41, 5.74) is 0.951. The summed E-state index contributed by atoms with van der Waals surface area (Å²) in [4.78, 5) is 51.6. The van der Waals surface area contributed by atoms with Crippen LogP contribution in [0.1, 0.15) is 63.7 Å². The minimum Gasteiger partial charge on any atom is -0.466 e. The SMILES string of the molecule is CCOC(=O)C1CCN(c2ncc(C=O)cc2Cl)CC1.CNc1nc(-c2cc(Cl)cs2)c(N2CC3CCCN(C(=O)OC(C)(C)C)C3C2)s1. The highest BCUT2D eigenvalue weighted by Gasteiger charge is 2.43. The normalized spacial score (nSPS) is 19.5. The van der Waals surface area contributed by atoms with Gasteiger partial charge in [0, 0.05) is 56.9 Å². The fourth-order valence-corrected chi connectivity index (χ4v) is 8.83. The van der Waals surface area contributed by atoms with Gasteiger partial charge < -0.3 is 29.5 Å². The highest BCUT2D eigenvalue weighted by Crippen LogP contribution is 2.45. The van der Waals surface area contributed by atoms with Crippen LogP contribution in [0.2, 0.25) is 10.0 Å². The molecular formula is C34H44Cl2N6O5S2. The summed E-state index contributed by atoms with van der Waals surface area (Å²) in [5.74, 6) is 0.956. The molecule has 6 heterocycles. The molecule has 3 aliphatic rings. The van der Waals surface area contributed by atoms with Gasteiger partial charge in [-0.3, -0.25) is 9.59 Å². The first kappa shape index (κ1) is 37.1. The number of esters is 1.